The molecular formula is C15H14N4O4S. The normalized spacial score (nSPS) is 11.4. The summed E-state index contributed by atoms with van der Waals surface area (Å²) in [5.41, 5.74) is 2.14. The molecule has 0 aliphatic rings. The number of benzene rings is 1. The van der Waals surface area contributed by atoms with Gasteiger partial charge >= 0.3 is 0 Å². The van der Waals surface area contributed by atoms with Gasteiger partial charge in [-0.25, -0.2) is 23.4 Å². The first-order valence-corrected chi connectivity index (χ1v) is 8.74. The van der Waals surface area contributed by atoms with Gasteiger partial charge in [0.2, 0.25) is 10.0 Å². The summed E-state index contributed by atoms with van der Waals surface area (Å²) >= 11 is 0. The predicted octanol–water partition coefficient (Wildman–Crippen LogP) is 1.78. The average molecular weight is 346 g/mol. The van der Waals surface area contributed by atoms with E-state index in [-0.39, 0.29) is 11.6 Å². The van der Waals surface area contributed by atoms with E-state index < -0.39 is 10.0 Å². The molecule has 3 rings (SSSR count). The maximum atomic E-state index is 11.3. The van der Waals surface area contributed by atoms with Crippen LogP contribution in [0, 0.1) is 0 Å². The Hall–Kier alpha value is -2.94. The third-order valence-corrected chi connectivity index (χ3v) is 3.75. The summed E-state index contributed by atoms with van der Waals surface area (Å²) in [5, 5.41) is 9.67. The standard InChI is InChI=1S/C15H14N4O4S/c1-23-13-7-9(3-6-12(13)20)10-4-5-11-15(17-10)18-14(8-16-11)19-24(2,21)22/h3-8,20H,1-2H3,(H,17,18,19). The summed E-state index contributed by atoms with van der Waals surface area (Å²) in [5.74, 6) is 0.451. The number of anilines is 1. The van der Waals surface area contributed by atoms with Crippen LogP contribution in [0.2, 0.25) is 0 Å². The Kier molecular flexibility index (Phi) is 3.94. The van der Waals surface area contributed by atoms with Gasteiger partial charge in [0.05, 0.1) is 25.3 Å². The van der Waals surface area contributed by atoms with Crippen molar-refractivity contribution in [2.24, 2.45) is 0 Å². The van der Waals surface area contributed by atoms with Crippen molar-refractivity contribution in [3.63, 3.8) is 0 Å². The lowest BCUT2D eigenvalue weighted by Gasteiger charge is -2.07. The zero-order valence-corrected chi connectivity index (χ0v) is 13.7. The molecule has 24 heavy (non-hydrogen) atoms. The van der Waals surface area contributed by atoms with Crippen molar-refractivity contribution in [2.45, 2.75) is 0 Å². The van der Waals surface area contributed by atoms with Crippen molar-refractivity contribution >= 4 is 27.0 Å². The molecule has 0 saturated heterocycles. The van der Waals surface area contributed by atoms with Gasteiger partial charge < -0.3 is 9.84 Å². The first-order valence-electron chi connectivity index (χ1n) is 6.85. The maximum Gasteiger partial charge on any atom is 0.231 e. The van der Waals surface area contributed by atoms with Gasteiger partial charge in [0.15, 0.2) is 23.0 Å². The predicted molar refractivity (Wildman–Crippen MR) is 89.5 cm³/mol. The number of sulfonamides is 1. The van der Waals surface area contributed by atoms with Crippen LogP contribution in [0.3, 0.4) is 0 Å². The van der Waals surface area contributed by atoms with E-state index in [1.807, 2.05) is 0 Å². The van der Waals surface area contributed by atoms with Gasteiger partial charge in [-0.3, -0.25) is 4.72 Å². The van der Waals surface area contributed by atoms with Crippen LogP contribution in [-0.2, 0) is 10.0 Å². The lowest BCUT2D eigenvalue weighted by atomic mass is 10.1. The quantitative estimate of drug-likeness (QED) is 0.740. The van der Waals surface area contributed by atoms with Crippen molar-refractivity contribution in [2.75, 3.05) is 18.1 Å². The van der Waals surface area contributed by atoms with Gasteiger partial charge in [0.25, 0.3) is 0 Å². The smallest absolute Gasteiger partial charge is 0.231 e. The minimum Gasteiger partial charge on any atom is -0.504 e. The first kappa shape index (κ1) is 15.9. The summed E-state index contributed by atoms with van der Waals surface area (Å²) in [7, 11) is -1.99. The van der Waals surface area contributed by atoms with Gasteiger partial charge in [0, 0.05) is 5.56 Å². The van der Waals surface area contributed by atoms with Crippen molar-refractivity contribution in [1.29, 1.82) is 0 Å². The number of phenolic OH excluding ortho intramolecular Hbond substituents is 1. The molecule has 124 valence electrons. The molecule has 8 nitrogen and oxygen atoms in total. The Morgan fingerprint density at radius 1 is 1.17 bits per heavy atom. The number of phenols is 1. The van der Waals surface area contributed by atoms with E-state index >= 15 is 0 Å². The van der Waals surface area contributed by atoms with E-state index in [9.17, 15) is 13.5 Å². The molecule has 0 spiro atoms. The van der Waals surface area contributed by atoms with Crippen LogP contribution < -0.4 is 9.46 Å². The molecule has 0 fully saturated rings. The number of aromatic nitrogens is 3. The van der Waals surface area contributed by atoms with Crippen LogP contribution in [-0.4, -0.2) is 41.8 Å². The minimum atomic E-state index is -3.45. The zero-order chi connectivity index (χ0) is 17.3. The van der Waals surface area contributed by atoms with E-state index in [2.05, 4.69) is 19.7 Å². The van der Waals surface area contributed by atoms with Crippen molar-refractivity contribution in [3.05, 3.63) is 36.5 Å². The van der Waals surface area contributed by atoms with Gasteiger partial charge in [-0.15, -0.1) is 0 Å². The summed E-state index contributed by atoms with van der Waals surface area (Å²) in [4.78, 5) is 12.7. The second kappa shape index (κ2) is 5.93. The highest BCUT2D eigenvalue weighted by molar-refractivity contribution is 7.92. The second-order valence-corrected chi connectivity index (χ2v) is 6.80. The van der Waals surface area contributed by atoms with Crippen LogP contribution in [0.4, 0.5) is 5.82 Å². The number of aromatic hydroxyl groups is 1. The van der Waals surface area contributed by atoms with Crippen molar-refractivity contribution in [1.82, 2.24) is 15.0 Å². The SMILES string of the molecule is COc1cc(-c2ccc3ncc(NS(C)(=O)=O)nc3n2)ccc1O. The molecule has 0 amide bonds. The fraction of sp³-hybridized carbons (Fsp3) is 0.133. The molecule has 0 unspecified atom stereocenters. The molecule has 9 heteroatoms. The van der Waals surface area contributed by atoms with Crippen LogP contribution in [0.15, 0.2) is 36.5 Å². The first-order chi connectivity index (χ1) is 11.4. The third kappa shape index (κ3) is 3.35. The van der Waals surface area contributed by atoms with E-state index in [0.29, 0.717) is 22.6 Å². The molecule has 2 N–H and O–H groups in total. The third-order valence-electron chi connectivity index (χ3n) is 3.17. The number of nitrogens with one attached hydrogen (secondary N) is 1. The van der Waals surface area contributed by atoms with E-state index in [4.69, 9.17) is 4.74 Å². The van der Waals surface area contributed by atoms with Gasteiger partial charge in [-0.1, -0.05) is 0 Å². The number of rotatable bonds is 4. The zero-order valence-electron chi connectivity index (χ0n) is 12.9. The van der Waals surface area contributed by atoms with E-state index in [1.165, 1.54) is 19.4 Å². The van der Waals surface area contributed by atoms with Crippen LogP contribution >= 0.6 is 0 Å². The minimum absolute atomic E-state index is 0.0291. The molecule has 0 aliphatic heterocycles. The monoisotopic (exact) mass is 346 g/mol. The Morgan fingerprint density at radius 2 is 1.96 bits per heavy atom. The summed E-state index contributed by atoms with van der Waals surface area (Å²) in [6.07, 6.45) is 2.36. The molecule has 0 saturated carbocycles. The Balaban J connectivity index is 2.06. The summed E-state index contributed by atoms with van der Waals surface area (Å²) in [6, 6.07) is 8.33. The fourth-order valence-electron chi connectivity index (χ4n) is 2.13. The van der Waals surface area contributed by atoms with Crippen molar-refractivity contribution in [3.8, 4) is 22.8 Å². The van der Waals surface area contributed by atoms with Crippen LogP contribution in [0.25, 0.3) is 22.4 Å². The van der Waals surface area contributed by atoms with Gasteiger partial charge in [0.1, 0.15) is 5.52 Å². The number of nitrogens with zero attached hydrogens (tertiary/aromatic N) is 3. The maximum absolute atomic E-state index is 11.3. The number of hydrogen-bond donors (Lipinski definition) is 2. The molecule has 0 aliphatic carbocycles. The second-order valence-electron chi connectivity index (χ2n) is 5.06. The Bertz CT molecular complexity index is 1020. The van der Waals surface area contributed by atoms with E-state index in [0.717, 1.165) is 11.8 Å². The molecule has 1 aromatic carbocycles. The number of pyridine rings is 1. The number of hydrogen-bond acceptors (Lipinski definition) is 7. The van der Waals surface area contributed by atoms with Gasteiger partial charge in [-0.05, 0) is 30.3 Å². The highest BCUT2D eigenvalue weighted by Crippen LogP contribution is 2.31. The van der Waals surface area contributed by atoms with E-state index in [1.54, 1.807) is 24.3 Å². The fourth-order valence-corrected chi connectivity index (χ4v) is 2.61. The lowest BCUT2D eigenvalue weighted by molar-refractivity contribution is 0.373. The molecular weight excluding hydrogens is 332 g/mol. The molecule has 2 heterocycles. The highest BCUT2D eigenvalue weighted by atomic mass is 32.2. The topological polar surface area (TPSA) is 114 Å². The molecule has 0 atom stereocenters. The van der Waals surface area contributed by atoms with Crippen molar-refractivity contribution < 1.29 is 18.3 Å². The number of methoxy groups -OCH3 is 1. The summed E-state index contributed by atoms with van der Waals surface area (Å²) < 4.78 is 29.9. The number of fused-ring (bicyclic) bond motifs is 1. The average Bonchev–Trinajstić information content (AvgIpc) is 2.53. The molecule has 3 aromatic rings. The molecule has 0 bridgehead atoms. The lowest BCUT2D eigenvalue weighted by Crippen LogP contribution is -2.11. The van der Waals surface area contributed by atoms with Crippen LogP contribution in [0.5, 0.6) is 11.5 Å². The van der Waals surface area contributed by atoms with Crippen LogP contribution in [0.1, 0.15) is 0 Å². The molecule has 2 aromatic heterocycles. The Morgan fingerprint density at radius 3 is 2.67 bits per heavy atom. The summed E-state index contributed by atoms with van der Waals surface area (Å²) in [6.45, 7) is 0. The number of ether oxygens (including phenoxy) is 1. The highest BCUT2D eigenvalue weighted by Gasteiger charge is 2.09. The van der Waals surface area contributed by atoms with Gasteiger partial charge in [-0.2, -0.15) is 0 Å². The molecule has 0 radical (unpaired) electrons. The largest absolute Gasteiger partial charge is 0.504 e. The Labute approximate surface area is 138 Å².